The van der Waals surface area contributed by atoms with Crippen LogP contribution in [0.1, 0.15) is 30.9 Å². The first-order valence-electron chi connectivity index (χ1n) is 5.39. The smallest absolute Gasteiger partial charge is 0.288 e. The molecule has 1 aromatic rings. The molecule has 96 valence electrons. The largest absolute Gasteiger partial charge is 0.385 e. The molecule has 0 bridgehead atoms. The molecular formula is C10H19N5O2. The van der Waals surface area contributed by atoms with Gasteiger partial charge in [-0.3, -0.25) is 9.89 Å². The van der Waals surface area contributed by atoms with Gasteiger partial charge in [0.05, 0.1) is 0 Å². The number of hydrogen-bond acceptors (Lipinski definition) is 5. The molecule has 0 atom stereocenters. The number of nitrogen functional groups attached to an aromatic ring is 1. The second-order valence-electron chi connectivity index (χ2n) is 4.63. The molecule has 1 amide bonds. The predicted molar refractivity (Wildman–Crippen MR) is 63.4 cm³/mol. The lowest BCUT2D eigenvalue weighted by Crippen LogP contribution is -2.35. The number of ether oxygens (including phenoxy) is 1. The van der Waals surface area contributed by atoms with E-state index in [9.17, 15) is 4.79 Å². The summed E-state index contributed by atoms with van der Waals surface area (Å²) < 4.78 is 5.01. The summed E-state index contributed by atoms with van der Waals surface area (Å²) in [7, 11) is 1.66. The summed E-state index contributed by atoms with van der Waals surface area (Å²) >= 11 is 0. The topological polar surface area (TPSA) is 106 Å². The first-order chi connectivity index (χ1) is 7.94. The zero-order valence-electron chi connectivity index (χ0n) is 10.4. The van der Waals surface area contributed by atoms with E-state index in [4.69, 9.17) is 10.5 Å². The molecule has 4 N–H and O–H groups in total. The monoisotopic (exact) mass is 241 g/mol. The fourth-order valence-corrected chi connectivity index (χ4v) is 1.25. The number of hydrogen-bond donors (Lipinski definition) is 3. The van der Waals surface area contributed by atoms with E-state index in [2.05, 4.69) is 34.3 Å². The van der Waals surface area contributed by atoms with E-state index in [0.29, 0.717) is 13.2 Å². The van der Waals surface area contributed by atoms with Crippen LogP contribution in [0.25, 0.3) is 0 Å². The van der Waals surface area contributed by atoms with Gasteiger partial charge in [-0.25, -0.2) is 0 Å². The van der Waals surface area contributed by atoms with Gasteiger partial charge in [-0.15, -0.1) is 5.10 Å². The average molecular weight is 241 g/mol. The summed E-state index contributed by atoms with van der Waals surface area (Å²) in [5.41, 5.74) is 5.28. The standard InChI is InChI=1S/C10H19N5O2/c1-10(2,4-5-17-3)6-12-8(16)7-13-9(11)15-14-7/h4-6H2,1-3H3,(H,12,16)(H3,11,13,14,15). The normalized spacial score (nSPS) is 11.5. The molecule has 17 heavy (non-hydrogen) atoms. The quantitative estimate of drug-likeness (QED) is 0.658. The minimum absolute atomic E-state index is 0.0305. The number of rotatable bonds is 6. The van der Waals surface area contributed by atoms with Crippen molar-refractivity contribution in [2.45, 2.75) is 20.3 Å². The average Bonchev–Trinajstić information content (AvgIpc) is 2.70. The van der Waals surface area contributed by atoms with Gasteiger partial charge in [-0.2, -0.15) is 4.98 Å². The third-order valence-electron chi connectivity index (χ3n) is 2.43. The molecule has 0 spiro atoms. The highest BCUT2D eigenvalue weighted by Crippen LogP contribution is 2.18. The Labute approximate surface area is 100 Å². The van der Waals surface area contributed by atoms with Crippen LogP contribution in [0, 0.1) is 5.41 Å². The van der Waals surface area contributed by atoms with Crippen LogP contribution in [0.15, 0.2) is 0 Å². The third-order valence-corrected chi connectivity index (χ3v) is 2.43. The van der Waals surface area contributed by atoms with Gasteiger partial charge >= 0.3 is 0 Å². The Hall–Kier alpha value is -1.63. The van der Waals surface area contributed by atoms with E-state index < -0.39 is 0 Å². The van der Waals surface area contributed by atoms with Crippen LogP contribution in [0.2, 0.25) is 0 Å². The number of H-pyrrole nitrogens is 1. The highest BCUT2D eigenvalue weighted by atomic mass is 16.5. The van der Waals surface area contributed by atoms with E-state index in [-0.39, 0.29) is 23.1 Å². The molecule has 1 rings (SSSR count). The second kappa shape index (κ2) is 5.62. The van der Waals surface area contributed by atoms with Crippen LogP contribution in [0.3, 0.4) is 0 Å². The lowest BCUT2D eigenvalue weighted by molar-refractivity contribution is 0.0911. The maximum Gasteiger partial charge on any atom is 0.288 e. The number of nitrogens with zero attached hydrogens (tertiary/aromatic N) is 2. The number of anilines is 1. The second-order valence-corrected chi connectivity index (χ2v) is 4.63. The van der Waals surface area contributed by atoms with E-state index >= 15 is 0 Å². The SMILES string of the molecule is COCCC(C)(C)CNC(=O)c1nc(N)n[nH]1. The van der Waals surface area contributed by atoms with Crippen molar-refractivity contribution < 1.29 is 9.53 Å². The number of methoxy groups -OCH3 is 1. The maximum atomic E-state index is 11.6. The summed E-state index contributed by atoms with van der Waals surface area (Å²) in [5.74, 6) is -0.112. The number of carbonyl (C=O) groups excluding carboxylic acids is 1. The molecule has 7 heteroatoms. The molecule has 0 aliphatic carbocycles. The number of aromatic amines is 1. The summed E-state index contributed by atoms with van der Waals surface area (Å²) in [6.07, 6.45) is 0.863. The molecule has 0 saturated heterocycles. The molecule has 7 nitrogen and oxygen atoms in total. The lowest BCUT2D eigenvalue weighted by Gasteiger charge is -2.24. The first-order valence-corrected chi connectivity index (χ1v) is 5.39. The number of nitrogens with two attached hydrogens (primary N) is 1. The summed E-state index contributed by atoms with van der Waals surface area (Å²) in [6, 6.07) is 0. The number of nitrogens with one attached hydrogen (secondary N) is 2. The van der Waals surface area contributed by atoms with Crippen LogP contribution in [-0.4, -0.2) is 41.3 Å². The Morgan fingerprint density at radius 1 is 1.59 bits per heavy atom. The Bertz CT molecular complexity index is 375. The van der Waals surface area contributed by atoms with Crippen LogP contribution in [0.5, 0.6) is 0 Å². The number of carbonyl (C=O) groups is 1. The predicted octanol–water partition coefficient (Wildman–Crippen LogP) is 0.179. The van der Waals surface area contributed by atoms with Gasteiger partial charge in [0.25, 0.3) is 5.91 Å². The zero-order chi connectivity index (χ0) is 12.9. The minimum atomic E-state index is -0.306. The Balaban J connectivity index is 2.42. The van der Waals surface area contributed by atoms with Gasteiger partial charge in [0.1, 0.15) is 0 Å². The third kappa shape index (κ3) is 4.39. The highest BCUT2D eigenvalue weighted by molar-refractivity contribution is 5.90. The molecule has 0 saturated carbocycles. The van der Waals surface area contributed by atoms with Crippen LogP contribution in [-0.2, 0) is 4.74 Å². The van der Waals surface area contributed by atoms with E-state index in [1.54, 1.807) is 7.11 Å². The molecule has 1 aromatic heterocycles. The van der Waals surface area contributed by atoms with Gasteiger partial charge in [-0.05, 0) is 11.8 Å². The Morgan fingerprint density at radius 2 is 2.29 bits per heavy atom. The van der Waals surface area contributed by atoms with Gasteiger partial charge in [0, 0.05) is 20.3 Å². The fraction of sp³-hybridized carbons (Fsp3) is 0.700. The van der Waals surface area contributed by atoms with Crippen molar-refractivity contribution in [1.29, 1.82) is 0 Å². The Kier molecular flexibility index (Phi) is 4.45. The van der Waals surface area contributed by atoms with Crippen molar-refractivity contribution in [3.8, 4) is 0 Å². The Morgan fingerprint density at radius 3 is 2.82 bits per heavy atom. The maximum absolute atomic E-state index is 11.6. The van der Waals surface area contributed by atoms with Crippen molar-refractivity contribution in [1.82, 2.24) is 20.5 Å². The van der Waals surface area contributed by atoms with Crippen LogP contribution >= 0.6 is 0 Å². The van der Waals surface area contributed by atoms with Crippen molar-refractivity contribution in [2.75, 3.05) is 26.0 Å². The van der Waals surface area contributed by atoms with Gasteiger partial charge < -0.3 is 15.8 Å². The van der Waals surface area contributed by atoms with Gasteiger partial charge in [0.2, 0.25) is 11.8 Å². The molecule has 0 aliphatic rings. The zero-order valence-corrected chi connectivity index (χ0v) is 10.4. The van der Waals surface area contributed by atoms with Crippen molar-refractivity contribution >= 4 is 11.9 Å². The summed E-state index contributed by atoms with van der Waals surface area (Å²) in [5, 5.41) is 8.83. The minimum Gasteiger partial charge on any atom is -0.385 e. The molecule has 0 aromatic carbocycles. The van der Waals surface area contributed by atoms with Gasteiger partial charge in [0.15, 0.2) is 0 Å². The molecule has 0 aliphatic heterocycles. The van der Waals surface area contributed by atoms with Crippen molar-refractivity contribution in [3.63, 3.8) is 0 Å². The van der Waals surface area contributed by atoms with Crippen LogP contribution < -0.4 is 11.1 Å². The van der Waals surface area contributed by atoms with Gasteiger partial charge in [-0.1, -0.05) is 13.8 Å². The summed E-state index contributed by atoms with van der Waals surface area (Å²) in [6.45, 7) is 5.32. The molecular weight excluding hydrogens is 222 g/mol. The molecule has 0 radical (unpaired) electrons. The molecule has 0 fully saturated rings. The molecule has 0 unspecified atom stereocenters. The van der Waals surface area contributed by atoms with Crippen molar-refractivity contribution in [2.24, 2.45) is 5.41 Å². The lowest BCUT2D eigenvalue weighted by atomic mass is 9.90. The van der Waals surface area contributed by atoms with E-state index in [0.717, 1.165) is 6.42 Å². The van der Waals surface area contributed by atoms with E-state index in [1.807, 2.05) is 0 Å². The summed E-state index contributed by atoms with van der Waals surface area (Å²) in [4.78, 5) is 15.4. The highest BCUT2D eigenvalue weighted by Gasteiger charge is 2.20. The number of amides is 1. The fourth-order valence-electron chi connectivity index (χ4n) is 1.25. The van der Waals surface area contributed by atoms with Crippen LogP contribution in [0.4, 0.5) is 5.95 Å². The van der Waals surface area contributed by atoms with Crippen molar-refractivity contribution in [3.05, 3.63) is 5.82 Å². The number of aromatic nitrogens is 3. The molecule has 1 heterocycles. The van der Waals surface area contributed by atoms with E-state index in [1.165, 1.54) is 0 Å². The first kappa shape index (κ1) is 13.4.